The molecule has 24 heavy (non-hydrogen) atoms. The number of aryl methyl sites for hydroxylation is 1. The highest BCUT2D eigenvalue weighted by atomic mass is 32.2. The van der Waals surface area contributed by atoms with Gasteiger partial charge in [-0.25, -0.2) is 8.42 Å². The largest absolute Gasteiger partial charge is 0.243 e. The van der Waals surface area contributed by atoms with Crippen molar-refractivity contribution in [1.82, 2.24) is 4.31 Å². The minimum Gasteiger partial charge on any atom is -0.207 e. The molecule has 0 spiro atoms. The number of hydrogen-bond donors (Lipinski definition) is 0. The molecule has 0 aliphatic carbocycles. The smallest absolute Gasteiger partial charge is 0.207 e. The van der Waals surface area contributed by atoms with E-state index in [9.17, 15) is 8.42 Å². The van der Waals surface area contributed by atoms with E-state index in [-0.39, 0.29) is 12.1 Å². The Labute approximate surface area is 144 Å². The highest BCUT2D eigenvalue weighted by molar-refractivity contribution is 7.89. The van der Waals surface area contributed by atoms with Crippen LogP contribution in [0, 0.1) is 6.92 Å². The molecule has 2 aromatic carbocycles. The maximum absolute atomic E-state index is 12.7. The molecule has 3 rings (SSSR count). The quantitative estimate of drug-likeness (QED) is 0.609. The molecule has 0 radical (unpaired) electrons. The molecule has 0 bridgehead atoms. The Morgan fingerprint density at radius 1 is 0.958 bits per heavy atom. The van der Waals surface area contributed by atoms with Crippen molar-refractivity contribution in [2.75, 3.05) is 0 Å². The first-order chi connectivity index (χ1) is 11.5. The summed E-state index contributed by atoms with van der Waals surface area (Å²) in [4.78, 5) is 0.357. The molecular formula is C20H21NO2S. The van der Waals surface area contributed by atoms with Crippen molar-refractivity contribution in [1.29, 1.82) is 0 Å². The van der Waals surface area contributed by atoms with Gasteiger partial charge in [-0.15, -0.1) is 0 Å². The Hall–Kier alpha value is -2.17. The van der Waals surface area contributed by atoms with Gasteiger partial charge in [-0.2, -0.15) is 4.31 Å². The van der Waals surface area contributed by atoms with Gasteiger partial charge in [0.2, 0.25) is 10.0 Å². The van der Waals surface area contributed by atoms with E-state index in [1.165, 1.54) is 0 Å². The fourth-order valence-electron chi connectivity index (χ4n) is 2.71. The third-order valence-corrected chi connectivity index (χ3v) is 6.20. The van der Waals surface area contributed by atoms with Crippen LogP contribution in [0.1, 0.15) is 18.1 Å². The monoisotopic (exact) mass is 339 g/mol. The molecule has 0 aromatic heterocycles. The van der Waals surface area contributed by atoms with Crippen LogP contribution in [0.4, 0.5) is 0 Å². The van der Waals surface area contributed by atoms with E-state index in [4.69, 9.17) is 0 Å². The van der Waals surface area contributed by atoms with E-state index in [2.05, 4.69) is 0 Å². The van der Waals surface area contributed by atoms with Gasteiger partial charge in [0, 0.05) is 6.04 Å². The van der Waals surface area contributed by atoms with Gasteiger partial charge in [-0.3, -0.25) is 0 Å². The van der Waals surface area contributed by atoms with Crippen LogP contribution < -0.4 is 0 Å². The first-order valence-electron chi connectivity index (χ1n) is 8.00. The zero-order valence-electron chi connectivity index (χ0n) is 13.8. The lowest BCUT2D eigenvalue weighted by molar-refractivity contribution is 0.552. The van der Waals surface area contributed by atoms with Gasteiger partial charge in [0.05, 0.1) is 10.9 Å². The molecule has 0 saturated carbocycles. The third kappa shape index (κ3) is 3.50. The zero-order valence-corrected chi connectivity index (χ0v) is 14.6. The van der Waals surface area contributed by atoms with Crippen LogP contribution in [-0.4, -0.2) is 24.8 Å². The van der Waals surface area contributed by atoms with E-state index < -0.39 is 10.0 Å². The Morgan fingerprint density at radius 3 is 2.29 bits per heavy atom. The molecule has 0 amide bonds. The fourth-order valence-corrected chi connectivity index (χ4v) is 4.51. The summed E-state index contributed by atoms with van der Waals surface area (Å²) in [6, 6.07) is 16.9. The molecule has 1 unspecified atom stereocenters. The second-order valence-electron chi connectivity index (χ2n) is 6.03. The molecule has 4 heteroatoms. The maximum atomic E-state index is 12.7. The summed E-state index contributed by atoms with van der Waals surface area (Å²) >= 11 is 0. The maximum Gasteiger partial charge on any atom is 0.243 e. The van der Waals surface area contributed by atoms with Crippen molar-refractivity contribution in [2.45, 2.75) is 30.8 Å². The van der Waals surface area contributed by atoms with Gasteiger partial charge in [-0.05, 0) is 31.5 Å². The van der Waals surface area contributed by atoms with Crippen LogP contribution in [0.15, 0.2) is 77.7 Å². The Morgan fingerprint density at radius 2 is 1.62 bits per heavy atom. The van der Waals surface area contributed by atoms with Gasteiger partial charge in [0.15, 0.2) is 0 Å². The number of rotatable bonds is 5. The number of allylic oxidation sites excluding steroid dienone is 2. The SMILES string of the molecule is Cc1ccc(S(=O)(=O)N2[C@H](/C=C/C=C/c3ccccc3)[C@@H]2C)cc1. The Kier molecular flexibility index (Phi) is 4.69. The minimum absolute atomic E-state index is 0.00215. The van der Waals surface area contributed by atoms with Crippen LogP contribution in [0.3, 0.4) is 0 Å². The fraction of sp³-hybridized carbons (Fsp3) is 0.200. The van der Waals surface area contributed by atoms with E-state index in [1.807, 2.05) is 80.6 Å². The van der Waals surface area contributed by atoms with Crippen LogP contribution >= 0.6 is 0 Å². The van der Waals surface area contributed by atoms with E-state index in [1.54, 1.807) is 16.4 Å². The lowest BCUT2D eigenvalue weighted by Crippen LogP contribution is -2.15. The lowest BCUT2D eigenvalue weighted by atomic mass is 10.2. The van der Waals surface area contributed by atoms with Crippen LogP contribution in [0.5, 0.6) is 0 Å². The van der Waals surface area contributed by atoms with Crippen molar-refractivity contribution in [3.63, 3.8) is 0 Å². The van der Waals surface area contributed by atoms with Gasteiger partial charge in [0.25, 0.3) is 0 Å². The average Bonchev–Trinajstić information content (AvgIpc) is 3.24. The van der Waals surface area contributed by atoms with Crippen LogP contribution in [0.25, 0.3) is 6.08 Å². The lowest BCUT2D eigenvalue weighted by Gasteiger charge is -2.05. The Balaban J connectivity index is 1.68. The van der Waals surface area contributed by atoms with Crippen molar-refractivity contribution >= 4 is 16.1 Å². The summed E-state index contributed by atoms with van der Waals surface area (Å²) in [5, 5.41) is 0. The summed E-state index contributed by atoms with van der Waals surface area (Å²) in [5.74, 6) is 0. The normalized spacial score (nSPS) is 23.8. The predicted octanol–water partition coefficient (Wildman–Crippen LogP) is 4.03. The number of hydrogen-bond acceptors (Lipinski definition) is 2. The summed E-state index contributed by atoms with van der Waals surface area (Å²) in [5.41, 5.74) is 2.17. The topological polar surface area (TPSA) is 37.1 Å². The molecule has 3 nitrogen and oxygen atoms in total. The molecule has 1 heterocycles. The molecule has 1 saturated heterocycles. The summed E-state index contributed by atoms with van der Waals surface area (Å²) in [6.07, 6.45) is 7.80. The second-order valence-corrected chi connectivity index (χ2v) is 7.88. The zero-order chi connectivity index (χ0) is 17.2. The number of benzene rings is 2. The highest BCUT2D eigenvalue weighted by Gasteiger charge is 2.50. The molecule has 124 valence electrons. The average molecular weight is 339 g/mol. The van der Waals surface area contributed by atoms with Gasteiger partial charge in [-0.1, -0.05) is 72.3 Å². The summed E-state index contributed by atoms with van der Waals surface area (Å²) in [6.45, 7) is 3.88. The predicted molar refractivity (Wildman–Crippen MR) is 98.1 cm³/mol. The molecule has 3 atom stereocenters. The van der Waals surface area contributed by atoms with Gasteiger partial charge < -0.3 is 0 Å². The standard InChI is InChI=1S/C20H21NO2S/c1-16-12-14-19(15-13-16)24(22,23)21-17(2)20(21)11-7-6-10-18-8-4-3-5-9-18/h3-15,17,20H,1-2H3/b10-6+,11-7+/t17-,20+,21?/m0/s1. The first-order valence-corrected chi connectivity index (χ1v) is 9.44. The third-order valence-electron chi connectivity index (χ3n) is 4.20. The van der Waals surface area contributed by atoms with Crippen LogP contribution in [-0.2, 0) is 10.0 Å². The van der Waals surface area contributed by atoms with Crippen molar-refractivity contribution in [2.24, 2.45) is 0 Å². The number of nitrogens with zero attached hydrogens (tertiary/aromatic N) is 1. The highest BCUT2D eigenvalue weighted by Crippen LogP contribution is 2.36. The number of sulfonamides is 1. The first kappa shape index (κ1) is 16.7. The summed E-state index contributed by atoms with van der Waals surface area (Å²) in [7, 11) is -3.41. The van der Waals surface area contributed by atoms with E-state index in [0.29, 0.717) is 4.90 Å². The van der Waals surface area contributed by atoms with Crippen LogP contribution in [0.2, 0.25) is 0 Å². The van der Waals surface area contributed by atoms with E-state index >= 15 is 0 Å². The van der Waals surface area contributed by atoms with Crippen molar-refractivity contribution < 1.29 is 8.42 Å². The van der Waals surface area contributed by atoms with Crippen molar-refractivity contribution in [3.05, 3.63) is 84.0 Å². The van der Waals surface area contributed by atoms with Gasteiger partial charge in [0.1, 0.15) is 0 Å². The molecule has 0 N–H and O–H groups in total. The van der Waals surface area contributed by atoms with Gasteiger partial charge >= 0.3 is 0 Å². The molecule has 1 fully saturated rings. The Bertz CT molecular complexity index is 852. The second kappa shape index (κ2) is 6.75. The molecular weight excluding hydrogens is 318 g/mol. The minimum atomic E-state index is -3.41. The van der Waals surface area contributed by atoms with E-state index in [0.717, 1.165) is 11.1 Å². The molecule has 1 aliphatic rings. The van der Waals surface area contributed by atoms with Crippen molar-refractivity contribution in [3.8, 4) is 0 Å². The molecule has 2 aromatic rings. The summed E-state index contributed by atoms with van der Waals surface area (Å²) < 4.78 is 26.9. The molecule has 1 aliphatic heterocycles.